The maximum atomic E-state index is 11.5. The van der Waals surface area contributed by atoms with Crippen molar-refractivity contribution in [3.8, 4) is 0 Å². The minimum absolute atomic E-state index is 0.0452. The molecule has 0 fully saturated rings. The van der Waals surface area contributed by atoms with Crippen molar-refractivity contribution in [2.45, 2.75) is 44.9 Å². The van der Waals surface area contributed by atoms with E-state index in [0.29, 0.717) is 11.8 Å². The second-order valence-electron chi connectivity index (χ2n) is 6.27. The van der Waals surface area contributed by atoms with E-state index in [4.69, 9.17) is 0 Å². The molecule has 122 valence electrons. The van der Waals surface area contributed by atoms with Crippen LogP contribution < -0.4 is 0 Å². The predicted octanol–water partition coefficient (Wildman–Crippen LogP) is 5.46. The molecule has 2 aromatic rings. The zero-order valence-electron chi connectivity index (χ0n) is 14.0. The lowest BCUT2D eigenvalue weighted by Gasteiger charge is -2.32. The van der Waals surface area contributed by atoms with Gasteiger partial charge in [0.1, 0.15) is 0 Å². The molecule has 0 aliphatic rings. The lowest BCUT2D eigenvalue weighted by atomic mass is 9.72. The number of rotatable bonds is 8. The van der Waals surface area contributed by atoms with Gasteiger partial charge in [0.25, 0.3) is 0 Å². The van der Waals surface area contributed by atoms with Crippen LogP contribution in [0.3, 0.4) is 0 Å². The zero-order valence-corrected chi connectivity index (χ0v) is 14.0. The Morgan fingerprint density at radius 2 is 1.48 bits per heavy atom. The van der Waals surface area contributed by atoms with Gasteiger partial charge in [-0.3, -0.25) is 4.79 Å². The summed E-state index contributed by atoms with van der Waals surface area (Å²) in [7, 11) is 0. The Balaban J connectivity index is 2.35. The van der Waals surface area contributed by atoms with Crippen molar-refractivity contribution in [3.05, 3.63) is 71.8 Å². The number of aliphatic carboxylic acids is 1. The average Bonchev–Trinajstić information content (AvgIpc) is 2.59. The fraction of sp³-hybridized carbons (Fsp3) is 0.381. The highest BCUT2D eigenvalue weighted by molar-refractivity contribution is 5.68. The minimum Gasteiger partial charge on any atom is -0.481 e. The zero-order chi connectivity index (χ0) is 16.7. The van der Waals surface area contributed by atoms with Crippen molar-refractivity contribution in [1.82, 2.24) is 0 Å². The molecule has 23 heavy (non-hydrogen) atoms. The van der Waals surface area contributed by atoms with Crippen molar-refractivity contribution >= 4 is 5.97 Å². The topological polar surface area (TPSA) is 37.3 Å². The molecule has 0 aromatic heterocycles. The highest BCUT2D eigenvalue weighted by Gasteiger charge is 2.30. The first kappa shape index (κ1) is 17.3. The molecule has 0 aliphatic carbocycles. The van der Waals surface area contributed by atoms with Gasteiger partial charge in [0, 0.05) is 0 Å². The van der Waals surface area contributed by atoms with Crippen LogP contribution in [0.1, 0.15) is 56.1 Å². The Hall–Kier alpha value is -2.09. The van der Waals surface area contributed by atoms with Gasteiger partial charge < -0.3 is 5.11 Å². The van der Waals surface area contributed by atoms with Crippen LogP contribution in [0.5, 0.6) is 0 Å². The second kappa shape index (κ2) is 8.52. The van der Waals surface area contributed by atoms with E-state index in [1.54, 1.807) is 0 Å². The molecule has 2 heteroatoms. The average molecular weight is 310 g/mol. The van der Waals surface area contributed by atoms with Gasteiger partial charge in [-0.25, -0.2) is 0 Å². The molecule has 0 spiro atoms. The maximum absolute atomic E-state index is 11.5. The Morgan fingerprint density at radius 1 is 0.957 bits per heavy atom. The van der Waals surface area contributed by atoms with Gasteiger partial charge >= 0.3 is 5.97 Å². The lowest BCUT2D eigenvalue weighted by Crippen LogP contribution is -2.22. The summed E-state index contributed by atoms with van der Waals surface area (Å²) in [4.78, 5) is 11.5. The van der Waals surface area contributed by atoms with Crippen LogP contribution in [0, 0.1) is 5.92 Å². The molecule has 1 N–H and O–H groups in total. The summed E-state index contributed by atoms with van der Waals surface area (Å²) in [6, 6.07) is 20.6. The van der Waals surface area contributed by atoms with Crippen LogP contribution >= 0.6 is 0 Å². The fourth-order valence-electron chi connectivity index (χ4n) is 3.54. The Labute approximate surface area is 139 Å². The van der Waals surface area contributed by atoms with E-state index in [2.05, 4.69) is 50.2 Å². The molecule has 2 nitrogen and oxygen atoms in total. The van der Waals surface area contributed by atoms with Crippen molar-refractivity contribution in [2.24, 2.45) is 5.92 Å². The van der Waals surface area contributed by atoms with Crippen molar-refractivity contribution in [3.63, 3.8) is 0 Å². The molecule has 0 heterocycles. The van der Waals surface area contributed by atoms with Crippen molar-refractivity contribution in [2.75, 3.05) is 0 Å². The second-order valence-corrected chi connectivity index (χ2v) is 6.27. The van der Waals surface area contributed by atoms with Crippen LogP contribution in [-0.2, 0) is 4.79 Å². The van der Waals surface area contributed by atoms with Gasteiger partial charge in [0.2, 0.25) is 0 Å². The van der Waals surface area contributed by atoms with Crippen LogP contribution in [-0.4, -0.2) is 11.1 Å². The SMILES string of the molecule is CCCC(C(C)c1ccccc1)C(CC(=O)O)c1ccccc1. The number of hydrogen-bond donors (Lipinski definition) is 1. The van der Waals surface area contributed by atoms with Gasteiger partial charge in [0.05, 0.1) is 6.42 Å². The molecule has 2 aromatic carbocycles. The molecule has 2 rings (SSSR count). The first-order chi connectivity index (χ1) is 11.1. The van der Waals surface area contributed by atoms with Crippen molar-refractivity contribution in [1.29, 1.82) is 0 Å². The smallest absolute Gasteiger partial charge is 0.303 e. The standard InChI is InChI=1S/C21H26O2/c1-3-10-19(16(2)17-11-6-4-7-12-17)20(15-21(22)23)18-13-8-5-9-14-18/h4-9,11-14,16,19-20H,3,10,15H2,1-2H3,(H,22,23). The Morgan fingerprint density at radius 3 is 1.96 bits per heavy atom. The summed E-state index contributed by atoms with van der Waals surface area (Å²) in [6.07, 6.45) is 2.28. The summed E-state index contributed by atoms with van der Waals surface area (Å²) in [5.41, 5.74) is 2.42. The normalized spacial score (nSPS) is 14.9. The molecule has 0 saturated carbocycles. The molecule has 0 aliphatic heterocycles. The van der Waals surface area contributed by atoms with E-state index >= 15 is 0 Å². The van der Waals surface area contributed by atoms with Gasteiger partial charge in [0.15, 0.2) is 0 Å². The Kier molecular flexibility index (Phi) is 6.40. The van der Waals surface area contributed by atoms with Gasteiger partial charge in [-0.2, -0.15) is 0 Å². The third kappa shape index (κ3) is 4.69. The Bertz CT molecular complexity index is 592. The summed E-state index contributed by atoms with van der Waals surface area (Å²) in [5.74, 6) is -0.0225. The van der Waals surface area contributed by atoms with E-state index in [9.17, 15) is 9.90 Å². The molecule has 0 bridgehead atoms. The molecular formula is C21H26O2. The summed E-state index contributed by atoms with van der Waals surface area (Å²) in [6.45, 7) is 4.40. The lowest BCUT2D eigenvalue weighted by molar-refractivity contribution is -0.137. The van der Waals surface area contributed by atoms with Crippen LogP contribution in [0.2, 0.25) is 0 Å². The molecule has 3 atom stereocenters. The number of benzene rings is 2. The van der Waals surface area contributed by atoms with E-state index < -0.39 is 5.97 Å². The number of carboxylic acids is 1. The molecular weight excluding hydrogens is 284 g/mol. The highest BCUT2D eigenvalue weighted by Crippen LogP contribution is 2.40. The first-order valence-corrected chi connectivity index (χ1v) is 8.45. The van der Waals surface area contributed by atoms with Gasteiger partial charge in [-0.1, -0.05) is 80.9 Å². The first-order valence-electron chi connectivity index (χ1n) is 8.45. The van der Waals surface area contributed by atoms with E-state index in [0.717, 1.165) is 18.4 Å². The third-order valence-electron chi connectivity index (χ3n) is 4.73. The van der Waals surface area contributed by atoms with Crippen LogP contribution in [0.4, 0.5) is 0 Å². The monoisotopic (exact) mass is 310 g/mol. The minimum atomic E-state index is -0.722. The maximum Gasteiger partial charge on any atom is 0.303 e. The number of hydrogen-bond acceptors (Lipinski definition) is 1. The highest BCUT2D eigenvalue weighted by atomic mass is 16.4. The molecule has 3 unspecified atom stereocenters. The summed E-state index contributed by atoms with van der Waals surface area (Å²) >= 11 is 0. The summed E-state index contributed by atoms with van der Waals surface area (Å²) < 4.78 is 0. The quantitative estimate of drug-likeness (QED) is 0.702. The molecule has 0 radical (unpaired) electrons. The van der Waals surface area contributed by atoms with Gasteiger partial charge in [-0.15, -0.1) is 0 Å². The predicted molar refractivity (Wildman–Crippen MR) is 94.7 cm³/mol. The van der Waals surface area contributed by atoms with Crippen molar-refractivity contribution < 1.29 is 9.90 Å². The van der Waals surface area contributed by atoms with Crippen LogP contribution in [0.15, 0.2) is 60.7 Å². The number of carboxylic acid groups (broad SMARTS) is 1. The molecule has 0 saturated heterocycles. The fourth-order valence-corrected chi connectivity index (χ4v) is 3.54. The van der Waals surface area contributed by atoms with E-state index in [1.807, 2.05) is 24.3 Å². The molecule has 0 amide bonds. The van der Waals surface area contributed by atoms with E-state index in [1.165, 1.54) is 5.56 Å². The van der Waals surface area contributed by atoms with Crippen LogP contribution in [0.25, 0.3) is 0 Å². The van der Waals surface area contributed by atoms with Gasteiger partial charge in [-0.05, 0) is 35.3 Å². The largest absolute Gasteiger partial charge is 0.481 e. The summed E-state index contributed by atoms with van der Waals surface area (Å²) in [5, 5.41) is 9.41. The third-order valence-corrected chi connectivity index (χ3v) is 4.73. The van der Waals surface area contributed by atoms with E-state index in [-0.39, 0.29) is 12.3 Å². The number of carbonyl (C=O) groups is 1.